The average Bonchev–Trinajstić information content (AvgIpc) is 3.35. The Morgan fingerprint density at radius 2 is 0.565 bits per heavy atom. The molecule has 0 bridgehead atoms. The highest BCUT2D eigenvalue weighted by Crippen LogP contribution is 2.17. The molecule has 69 heavy (non-hydrogen) atoms. The van der Waals surface area contributed by atoms with Crippen LogP contribution in [0.1, 0.15) is 303 Å². The number of unbranched alkanes of at least 4 members (excludes halogenated alkanes) is 33. The Bertz CT molecular complexity index is 1250. The monoisotopic (exact) mass is 965 g/mol. The maximum absolute atomic E-state index is 12.8. The number of ether oxygens (including phenoxy) is 3. The van der Waals surface area contributed by atoms with Crippen LogP contribution in [0.25, 0.3) is 0 Å². The summed E-state index contributed by atoms with van der Waals surface area (Å²) in [6.07, 6.45) is 72.3. The topological polar surface area (TPSA) is 78.9 Å². The summed E-state index contributed by atoms with van der Waals surface area (Å²) in [5, 5.41) is 0. The number of hydrogen-bond acceptors (Lipinski definition) is 6. The molecular weight excluding hydrogens is 853 g/mol. The first kappa shape index (κ1) is 66.1. The van der Waals surface area contributed by atoms with Crippen LogP contribution in [-0.4, -0.2) is 37.2 Å². The molecule has 0 radical (unpaired) electrons. The van der Waals surface area contributed by atoms with Crippen LogP contribution in [0.3, 0.4) is 0 Å². The summed E-state index contributed by atoms with van der Waals surface area (Å²) < 4.78 is 16.8. The second kappa shape index (κ2) is 57.7. The minimum Gasteiger partial charge on any atom is -0.462 e. The Morgan fingerprint density at radius 1 is 0.304 bits per heavy atom. The highest BCUT2D eigenvalue weighted by atomic mass is 16.6. The van der Waals surface area contributed by atoms with Crippen LogP contribution in [0.15, 0.2) is 60.8 Å². The predicted molar refractivity (Wildman–Crippen MR) is 298 cm³/mol. The van der Waals surface area contributed by atoms with Gasteiger partial charge in [0.1, 0.15) is 13.2 Å². The molecule has 0 aromatic heterocycles. The van der Waals surface area contributed by atoms with Gasteiger partial charge in [-0.05, 0) is 64.2 Å². The van der Waals surface area contributed by atoms with Crippen molar-refractivity contribution in [3.8, 4) is 0 Å². The van der Waals surface area contributed by atoms with E-state index in [1.54, 1.807) is 0 Å². The van der Waals surface area contributed by atoms with E-state index in [0.29, 0.717) is 19.3 Å². The van der Waals surface area contributed by atoms with Gasteiger partial charge in [0.05, 0.1) is 0 Å². The standard InChI is InChI=1S/C63H112O6/c1-4-7-10-13-16-19-21-23-25-27-28-29-30-31-32-33-34-35-36-37-39-40-42-44-47-50-53-56-62(65)68-59-60(58-67-61(64)55-52-49-46-18-15-12-9-6-3)69-63(66)57-54-51-48-45-43-41-38-26-24-22-20-17-14-11-8-5-2/h7,10,16,19,23,25,28-29,31-32,60H,4-6,8-9,11-15,17-18,20-22,24,26-27,30,33-59H2,1-3H3/b10-7-,19-16-,25-23-,29-28-,32-31-. The van der Waals surface area contributed by atoms with Crippen LogP contribution in [0.5, 0.6) is 0 Å². The van der Waals surface area contributed by atoms with Crippen molar-refractivity contribution < 1.29 is 28.6 Å². The van der Waals surface area contributed by atoms with Crippen LogP contribution in [-0.2, 0) is 28.6 Å². The van der Waals surface area contributed by atoms with E-state index >= 15 is 0 Å². The summed E-state index contributed by atoms with van der Waals surface area (Å²) in [5.74, 6) is -0.863. The van der Waals surface area contributed by atoms with Gasteiger partial charge >= 0.3 is 17.9 Å². The van der Waals surface area contributed by atoms with Gasteiger partial charge in [0.2, 0.25) is 0 Å². The largest absolute Gasteiger partial charge is 0.462 e. The van der Waals surface area contributed by atoms with Crippen molar-refractivity contribution in [2.75, 3.05) is 13.2 Å². The third-order valence-corrected chi connectivity index (χ3v) is 13.0. The summed E-state index contributed by atoms with van der Waals surface area (Å²) >= 11 is 0. The Balaban J connectivity index is 4.15. The van der Waals surface area contributed by atoms with Gasteiger partial charge in [0, 0.05) is 19.3 Å². The SMILES string of the molecule is CC/C=C\C/C=C\C/C=C\C/C=C\C/C=C\CCCCCCCCCCCCCC(=O)OCC(COC(=O)CCCCCCCCCC)OC(=O)CCCCCCCCCCCCCCCCCC. The molecule has 0 N–H and O–H groups in total. The third-order valence-electron chi connectivity index (χ3n) is 13.0. The Kier molecular flexibility index (Phi) is 55.3. The average molecular weight is 966 g/mol. The van der Waals surface area contributed by atoms with E-state index in [4.69, 9.17) is 14.2 Å². The lowest BCUT2D eigenvalue weighted by Gasteiger charge is -2.18. The van der Waals surface area contributed by atoms with Crippen LogP contribution >= 0.6 is 0 Å². The fraction of sp³-hybridized carbons (Fsp3) is 0.794. The second-order valence-electron chi connectivity index (χ2n) is 19.9. The molecule has 0 aliphatic carbocycles. The van der Waals surface area contributed by atoms with Gasteiger partial charge in [-0.25, -0.2) is 0 Å². The van der Waals surface area contributed by atoms with E-state index in [1.807, 2.05) is 0 Å². The van der Waals surface area contributed by atoms with Gasteiger partial charge in [-0.15, -0.1) is 0 Å². The molecule has 0 amide bonds. The van der Waals surface area contributed by atoms with Crippen LogP contribution in [0.4, 0.5) is 0 Å². The van der Waals surface area contributed by atoms with Gasteiger partial charge in [-0.1, -0.05) is 281 Å². The van der Waals surface area contributed by atoms with Crippen molar-refractivity contribution in [2.45, 2.75) is 309 Å². The molecule has 0 aromatic carbocycles. The number of esters is 3. The van der Waals surface area contributed by atoms with Crippen LogP contribution < -0.4 is 0 Å². The molecule has 1 unspecified atom stereocenters. The molecule has 0 heterocycles. The van der Waals surface area contributed by atoms with E-state index in [2.05, 4.69) is 81.5 Å². The Hall–Kier alpha value is -2.89. The second-order valence-corrected chi connectivity index (χ2v) is 19.9. The molecule has 0 saturated heterocycles. The number of hydrogen-bond donors (Lipinski definition) is 0. The molecule has 0 saturated carbocycles. The molecule has 0 fully saturated rings. The van der Waals surface area contributed by atoms with Gasteiger partial charge in [0.25, 0.3) is 0 Å². The van der Waals surface area contributed by atoms with Gasteiger partial charge in [-0.2, -0.15) is 0 Å². The maximum atomic E-state index is 12.8. The summed E-state index contributed by atoms with van der Waals surface area (Å²) in [4.78, 5) is 38.0. The third kappa shape index (κ3) is 55.9. The smallest absolute Gasteiger partial charge is 0.306 e. The van der Waals surface area contributed by atoms with E-state index in [1.165, 1.54) is 173 Å². The molecule has 0 aromatic rings. The first-order chi connectivity index (χ1) is 34.0. The maximum Gasteiger partial charge on any atom is 0.306 e. The van der Waals surface area contributed by atoms with Gasteiger partial charge < -0.3 is 14.2 Å². The zero-order chi connectivity index (χ0) is 50.0. The number of carbonyl (C=O) groups excluding carboxylic acids is 3. The molecular formula is C63H112O6. The number of rotatable bonds is 54. The van der Waals surface area contributed by atoms with E-state index in [9.17, 15) is 14.4 Å². The summed E-state index contributed by atoms with van der Waals surface area (Å²) in [7, 11) is 0. The predicted octanol–water partition coefficient (Wildman–Crippen LogP) is 20.0. The zero-order valence-corrected chi connectivity index (χ0v) is 45.8. The fourth-order valence-electron chi connectivity index (χ4n) is 8.59. The fourth-order valence-corrected chi connectivity index (χ4v) is 8.59. The Labute approximate surface area is 428 Å². The summed E-state index contributed by atoms with van der Waals surface area (Å²) in [6.45, 7) is 6.53. The number of allylic oxidation sites excluding steroid dienone is 10. The van der Waals surface area contributed by atoms with E-state index in [0.717, 1.165) is 89.9 Å². The first-order valence-corrected chi connectivity index (χ1v) is 29.8. The van der Waals surface area contributed by atoms with Crippen molar-refractivity contribution in [3.05, 3.63) is 60.8 Å². The zero-order valence-electron chi connectivity index (χ0n) is 45.8. The quantitative estimate of drug-likeness (QED) is 0.0262. The highest BCUT2D eigenvalue weighted by molar-refractivity contribution is 5.71. The lowest BCUT2D eigenvalue weighted by Crippen LogP contribution is -2.30. The molecule has 0 aliphatic heterocycles. The lowest BCUT2D eigenvalue weighted by atomic mass is 10.0. The molecule has 6 heteroatoms. The minimum atomic E-state index is -0.770. The summed E-state index contributed by atoms with van der Waals surface area (Å²) in [6, 6.07) is 0. The molecule has 6 nitrogen and oxygen atoms in total. The summed E-state index contributed by atoms with van der Waals surface area (Å²) in [5.41, 5.74) is 0. The molecule has 0 aliphatic rings. The van der Waals surface area contributed by atoms with Crippen LogP contribution in [0.2, 0.25) is 0 Å². The molecule has 400 valence electrons. The molecule has 0 rings (SSSR count). The normalized spacial score (nSPS) is 12.4. The number of carbonyl (C=O) groups is 3. The molecule has 0 spiro atoms. The van der Waals surface area contributed by atoms with Crippen molar-refractivity contribution >= 4 is 17.9 Å². The minimum absolute atomic E-state index is 0.0705. The van der Waals surface area contributed by atoms with Crippen molar-refractivity contribution in [1.29, 1.82) is 0 Å². The van der Waals surface area contributed by atoms with Gasteiger partial charge in [0.15, 0.2) is 6.10 Å². The Morgan fingerprint density at radius 3 is 0.884 bits per heavy atom. The van der Waals surface area contributed by atoms with Crippen molar-refractivity contribution in [3.63, 3.8) is 0 Å². The molecule has 1 atom stereocenters. The van der Waals surface area contributed by atoms with E-state index in [-0.39, 0.29) is 31.1 Å². The van der Waals surface area contributed by atoms with Gasteiger partial charge in [-0.3, -0.25) is 14.4 Å². The lowest BCUT2D eigenvalue weighted by molar-refractivity contribution is -0.167. The van der Waals surface area contributed by atoms with Crippen molar-refractivity contribution in [2.24, 2.45) is 0 Å². The van der Waals surface area contributed by atoms with Crippen LogP contribution in [0, 0.1) is 0 Å². The van der Waals surface area contributed by atoms with E-state index < -0.39 is 6.10 Å². The van der Waals surface area contributed by atoms with Crippen molar-refractivity contribution in [1.82, 2.24) is 0 Å². The highest BCUT2D eigenvalue weighted by Gasteiger charge is 2.19. The first-order valence-electron chi connectivity index (χ1n) is 29.8.